The van der Waals surface area contributed by atoms with Crippen LogP contribution in [0.25, 0.3) is 0 Å². The van der Waals surface area contributed by atoms with E-state index in [9.17, 15) is 4.79 Å². The third-order valence-corrected chi connectivity index (χ3v) is 3.34. The van der Waals surface area contributed by atoms with Gasteiger partial charge in [-0.25, -0.2) is 0 Å². The Morgan fingerprint density at radius 1 is 1.10 bits per heavy atom. The van der Waals surface area contributed by atoms with Gasteiger partial charge < -0.3 is 9.64 Å². The molecule has 1 amide bonds. The third-order valence-electron chi connectivity index (χ3n) is 3.08. The normalized spacial score (nSPS) is 10.2. The summed E-state index contributed by atoms with van der Waals surface area (Å²) in [5.41, 5.74) is 0.913. The molecule has 0 heterocycles. The minimum absolute atomic E-state index is 0.0534. The summed E-state index contributed by atoms with van der Waals surface area (Å²) in [6.07, 6.45) is 0.339. The van der Waals surface area contributed by atoms with Crippen LogP contribution in [0.15, 0.2) is 54.6 Å². The van der Waals surface area contributed by atoms with Crippen molar-refractivity contribution < 1.29 is 9.53 Å². The highest BCUT2D eigenvalue weighted by atomic mass is 35.5. The molecule has 2 aromatic carbocycles. The Kier molecular flexibility index (Phi) is 5.64. The first-order valence-electron chi connectivity index (χ1n) is 6.94. The van der Waals surface area contributed by atoms with Crippen LogP contribution in [0, 0.1) is 0 Å². The molecular formula is C17H18ClNO2. The number of rotatable bonds is 6. The third kappa shape index (κ3) is 4.50. The molecule has 0 radical (unpaired) electrons. The van der Waals surface area contributed by atoms with E-state index in [-0.39, 0.29) is 5.91 Å². The number of carbonyl (C=O) groups is 1. The summed E-state index contributed by atoms with van der Waals surface area (Å²) in [5, 5.41) is 0.666. The second-order valence-corrected chi connectivity index (χ2v) is 4.96. The van der Waals surface area contributed by atoms with Crippen molar-refractivity contribution in [2.75, 3.05) is 18.1 Å². The molecule has 0 N–H and O–H groups in total. The van der Waals surface area contributed by atoms with E-state index in [1.807, 2.05) is 37.3 Å². The maximum atomic E-state index is 12.2. The summed E-state index contributed by atoms with van der Waals surface area (Å²) in [6.45, 7) is 2.96. The van der Waals surface area contributed by atoms with Gasteiger partial charge in [0, 0.05) is 17.3 Å². The molecule has 4 heteroatoms. The van der Waals surface area contributed by atoms with Crippen LogP contribution < -0.4 is 9.64 Å². The summed E-state index contributed by atoms with van der Waals surface area (Å²) in [5.74, 6) is 0.771. The Morgan fingerprint density at radius 3 is 2.38 bits per heavy atom. The largest absolute Gasteiger partial charge is 0.493 e. The molecule has 2 rings (SSSR count). The summed E-state index contributed by atoms with van der Waals surface area (Å²) in [7, 11) is 0. The highest BCUT2D eigenvalue weighted by Crippen LogP contribution is 2.17. The molecule has 0 aliphatic heterocycles. The Hall–Kier alpha value is -2.00. The number of halogens is 1. The fourth-order valence-electron chi connectivity index (χ4n) is 2.03. The lowest BCUT2D eigenvalue weighted by atomic mass is 10.2. The fraction of sp³-hybridized carbons (Fsp3) is 0.235. The van der Waals surface area contributed by atoms with Gasteiger partial charge >= 0.3 is 0 Å². The van der Waals surface area contributed by atoms with Crippen LogP contribution >= 0.6 is 11.6 Å². The van der Waals surface area contributed by atoms with Gasteiger partial charge in [-0.2, -0.15) is 0 Å². The first kappa shape index (κ1) is 15.4. The van der Waals surface area contributed by atoms with Crippen LogP contribution in [0.2, 0.25) is 5.02 Å². The molecule has 0 bridgehead atoms. The zero-order chi connectivity index (χ0) is 15.1. The van der Waals surface area contributed by atoms with Gasteiger partial charge in [0.1, 0.15) is 5.75 Å². The van der Waals surface area contributed by atoms with E-state index in [0.717, 1.165) is 11.4 Å². The van der Waals surface area contributed by atoms with Gasteiger partial charge in [-0.1, -0.05) is 29.8 Å². The molecule has 0 aliphatic rings. The lowest BCUT2D eigenvalue weighted by Crippen LogP contribution is -2.31. The maximum Gasteiger partial charge on any atom is 0.230 e. The number of hydrogen-bond donors (Lipinski definition) is 0. The topological polar surface area (TPSA) is 29.5 Å². The van der Waals surface area contributed by atoms with Crippen LogP contribution in [0.5, 0.6) is 5.75 Å². The SMILES string of the molecule is CCN(C(=O)CCOc1ccc(Cl)cc1)c1ccccc1. The molecule has 0 saturated heterocycles. The Morgan fingerprint density at radius 2 is 1.76 bits per heavy atom. The molecule has 0 fully saturated rings. The quantitative estimate of drug-likeness (QED) is 0.802. The Bertz CT molecular complexity index is 569. The summed E-state index contributed by atoms with van der Waals surface area (Å²) < 4.78 is 5.56. The van der Waals surface area contributed by atoms with Gasteiger partial charge in [-0.15, -0.1) is 0 Å². The minimum atomic E-state index is 0.0534. The highest BCUT2D eigenvalue weighted by Gasteiger charge is 2.13. The zero-order valence-electron chi connectivity index (χ0n) is 12.0. The molecule has 0 unspecified atom stereocenters. The second-order valence-electron chi connectivity index (χ2n) is 4.53. The van der Waals surface area contributed by atoms with Crippen molar-refractivity contribution in [3.05, 3.63) is 59.6 Å². The van der Waals surface area contributed by atoms with Crippen molar-refractivity contribution in [2.24, 2.45) is 0 Å². The molecule has 0 spiro atoms. The Labute approximate surface area is 130 Å². The summed E-state index contributed by atoms with van der Waals surface area (Å²) in [6, 6.07) is 16.8. The van der Waals surface area contributed by atoms with E-state index in [4.69, 9.17) is 16.3 Å². The van der Waals surface area contributed by atoms with Gasteiger partial charge in [-0.05, 0) is 43.3 Å². The minimum Gasteiger partial charge on any atom is -0.493 e. The number of benzene rings is 2. The number of amides is 1. The standard InChI is InChI=1S/C17H18ClNO2/c1-2-19(15-6-4-3-5-7-15)17(20)12-13-21-16-10-8-14(18)9-11-16/h3-11H,2,12-13H2,1H3. The first-order chi connectivity index (χ1) is 10.2. The van der Waals surface area contributed by atoms with Gasteiger partial charge in [-0.3, -0.25) is 4.79 Å². The van der Waals surface area contributed by atoms with Gasteiger partial charge in [0.25, 0.3) is 0 Å². The molecule has 2 aromatic rings. The average molecular weight is 304 g/mol. The molecule has 0 saturated carbocycles. The van der Waals surface area contributed by atoms with Crippen LogP contribution in [-0.4, -0.2) is 19.1 Å². The lowest BCUT2D eigenvalue weighted by Gasteiger charge is -2.21. The predicted octanol–water partition coefficient (Wildman–Crippen LogP) is 4.16. The van der Waals surface area contributed by atoms with Crippen molar-refractivity contribution in [1.29, 1.82) is 0 Å². The average Bonchev–Trinajstić information content (AvgIpc) is 2.51. The Balaban J connectivity index is 1.87. The van der Waals surface area contributed by atoms with E-state index in [1.54, 1.807) is 29.2 Å². The van der Waals surface area contributed by atoms with Gasteiger partial charge in [0.15, 0.2) is 0 Å². The van der Waals surface area contributed by atoms with Gasteiger partial charge in [0.05, 0.1) is 13.0 Å². The van der Waals surface area contributed by atoms with Crippen molar-refractivity contribution in [3.8, 4) is 5.75 Å². The zero-order valence-corrected chi connectivity index (χ0v) is 12.7. The number of para-hydroxylation sites is 1. The molecular weight excluding hydrogens is 286 g/mol. The first-order valence-corrected chi connectivity index (χ1v) is 7.32. The van der Waals surface area contributed by atoms with E-state index in [0.29, 0.717) is 24.6 Å². The van der Waals surface area contributed by atoms with Crippen LogP contribution in [0.1, 0.15) is 13.3 Å². The number of carbonyl (C=O) groups excluding carboxylic acids is 1. The summed E-state index contributed by atoms with van der Waals surface area (Å²) >= 11 is 5.81. The van der Waals surface area contributed by atoms with Crippen molar-refractivity contribution >= 4 is 23.2 Å². The maximum absolute atomic E-state index is 12.2. The van der Waals surface area contributed by atoms with Crippen LogP contribution in [0.3, 0.4) is 0 Å². The number of anilines is 1. The van der Waals surface area contributed by atoms with E-state index in [2.05, 4.69) is 0 Å². The van der Waals surface area contributed by atoms with E-state index < -0.39 is 0 Å². The van der Waals surface area contributed by atoms with Crippen LogP contribution in [-0.2, 0) is 4.79 Å². The van der Waals surface area contributed by atoms with Gasteiger partial charge in [0.2, 0.25) is 5.91 Å². The molecule has 0 atom stereocenters. The van der Waals surface area contributed by atoms with Crippen molar-refractivity contribution in [3.63, 3.8) is 0 Å². The monoisotopic (exact) mass is 303 g/mol. The highest BCUT2D eigenvalue weighted by molar-refractivity contribution is 6.30. The second kappa shape index (κ2) is 7.70. The number of hydrogen-bond acceptors (Lipinski definition) is 2. The predicted molar refractivity (Wildman–Crippen MR) is 86.0 cm³/mol. The fourth-order valence-corrected chi connectivity index (χ4v) is 2.16. The van der Waals surface area contributed by atoms with Crippen LogP contribution in [0.4, 0.5) is 5.69 Å². The molecule has 0 aliphatic carbocycles. The molecule has 110 valence electrons. The van der Waals surface area contributed by atoms with E-state index in [1.165, 1.54) is 0 Å². The van der Waals surface area contributed by atoms with Crippen molar-refractivity contribution in [2.45, 2.75) is 13.3 Å². The lowest BCUT2D eigenvalue weighted by molar-refractivity contribution is -0.119. The number of nitrogens with zero attached hydrogens (tertiary/aromatic N) is 1. The molecule has 3 nitrogen and oxygen atoms in total. The summed E-state index contributed by atoms with van der Waals surface area (Å²) in [4.78, 5) is 14.0. The number of ether oxygens (including phenoxy) is 1. The van der Waals surface area contributed by atoms with E-state index >= 15 is 0 Å². The molecule has 21 heavy (non-hydrogen) atoms. The molecule has 0 aromatic heterocycles. The van der Waals surface area contributed by atoms with Crippen molar-refractivity contribution in [1.82, 2.24) is 0 Å². The smallest absolute Gasteiger partial charge is 0.230 e.